The van der Waals surface area contributed by atoms with Crippen LogP contribution in [-0.2, 0) is 19.1 Å². The van der Waals surface area contributed by atoms with Crippen LogP contribution in [0.3, 0.4) is 0 Å². The summed E-state index contributed by atoms with van der Waals surface area (Å²) in [6, 6.07) is 2.71. The molecule has 0 bridgehead atoms. The third-order valence-corrected chi connectivity index (χ3v) is 6.09. The summed E-state index contributed by atoms with van der Waals surface area (Å²) in [7, 11) is 0. The first-order valence-electron chi connectivity index (χ1n) is 9.87. The highest BCUT2D eigenvalue weighted by Crippen LogP contribution is 2.38. The van der Waals surface area contributed by atoms with Gasteiger partial charge in [-0.25, -0.2) is 4.79 Å². The first-order valence-corrected chi connectivity index (χ1v) is 9.87. The predicted molar refractivity (Wildman–Crippen MR) is 103 cm³/mol. The summed E-state index contributed by atoms with van der Waals surface area (Å²) in [5.74, 6) is -2.21. The summed E-state index contributed by atoms with van der Waals surface area (Å²) in [5.41, 5.74) is 3.42. The van der Waals surface area contributed by atoms with E-state index < -0.39 is 18.6 Å². The van der Waals surface area contributed by atoms with Crippen LogP contribution in [0.15, 0.2) is 12.1 Å². The van der Waals surface area contributed by atoms with Gasteiger partial charge < -0.3 is 4.74 Å². The molecule has 2 amide bonds. The van der Waals surface area contributed by atoms with Crippen molar-refractivity contribution in [3.63, 3.8) is 0 Å². The smallest absolute Gasteiger partial charge is 0.329 e. The van der Waals surface area contributed by atoms with Gasteiger partial charge in [-0.3, -0.25) is 19.3 Å². The number of hydrogen-bond donors (Lipinski definition) is 0. The van der Waals surface area contributed by atoms with E-state index in [1.54, 1.807) is 6.07 Å². The molecule has 1 aliphatic heterocycles. The molecular weight excluding hydrogens is 358 g/mol. The van der Waals surface area contributed by atoms with Gasteiger partial charge in [-0.05, 0) is 63.3 Å². The van der Waals surface area contributed by atoms with Crippen LogP contribution in [0.2, 0.25) is 0 Å². The Kier molecular flexibility index (Phi) is 5.68. The molecule has 1 aliphatic carbocycles. The molecule has 150 valence electrons. The topological polar surface area (TPSA) is 80.8 Å². The molecule has 3 rings (SSSR count). The van der Waals surface area contributed by atoms with E-state index in [4.69, 9.17) is 4.74 Å². The fourth-order valence-electron chi connectivity index (χ4n) is 4.27. The summed E-state index contributed by atoms with van der Waals surface area (Å²) in [4.78, 5) is 51.2. The fourth-order valence-corrected chi connectivity index (χ4v) is 4.27. The largest absolute Gasteiger partial charge is 0.456 e. The lowest BCUT2D eigenvalue weighted by Gasteiger charge is -2.21. The van der Waals surface area contributed by atoms with Gasteiger partial charge in [0, 0.05) is 5.56 Å². The molecule has 2 aliphatic rings. The van der Waals surface area contributed by atoms with Crippen LogP contribution in [-0.4, -0.2) is 41.1 Å². The highest BCUT2D eigenvalue weighted by Gasteiger charge is 2.51. The van der Waals surface area contributed by atoms with Gasteiger partial charge in [0.2, 0.25) is 17.6 Å². The molecule has 0 N–H and O–H groups in total. The molecule has 3 atom stereocenters. The van der Waals surface area contributed by atoms with Crippen molar-refractivity contribution in [3.05, 3.63) is 34.4 Å². The molecule has 1 aromatic rings. The zero-order valence-electron chi connectivity index (χ0n) is 16.9. The van der Waals surface area contributed by atoms with Crippen LogP contribution in [0, 0.1) is 32.6 Å². The maximum Gasteiger partial charge on any atom is 0.329 e. The molecule has 1 aromatic carbocycles. The number of ether oxygens (including phenoxy) is 1. The molecular formula is C22H27NO5. The Hall–Kier alpha value is -2.50. The maximum atomic E-state index is 12.6. The van der Waals surface area contributed by atoms with Crippen molar-refractivity contribution < 1.29 is 23.9 Å². The number of aryl methyl sites for hydroxylation is 3. The lowest BCUT2D eigenvalue weighted by molar-refractivity contribution is -0.157. The minimum absolute atomic E-state index is 0.282. The third-order valence-electron chi connectivity index (χ3n) is 6.09. The molecule has 6 nitrogen and oxygen atoms in total. The van der Waals surface area contributed by atoms with Crippen LogP contribution in [0.5, 0.6) is 0 Å². The number of nitrogens with zero attached hydrogens (tertiary/aromatic N) is 1. The quantitative estimate of drug-likeness (QED) is 0.442. The Morgan fingerprint density at radius 2 is 1.54 bits per heavy atom. The number of likely N-dealkylation sites (tertiary alicyclic amines) is 1. The lowest BCUT2D eigenvalue weighted by atomic mass is 9.81. The minimum atomic E-state index is -1.01. The molecule has 0 spiro atoms. The van der Waals surface area contributed by atoms with Crippen molar-refractivity contribution in [3.8, 4) is 0 Å². The van der Waals surface area contributed by atoms with Crippen molar-refractivity contribution >= 4 is 23.6 Å². The van der Waals surface area contributed by atoms with Gasteiger partial charge in [0.05, 0.1) is 11.8 Å². The average Bonchev–Trinajstić information content (AvgIpc) is 2.92. The van der Waals surface area contributed by atoms with Gasteiger partial charge in [0.25, 0.3) is 0 Å². The molecule has 0 radical (unpaired) electrons. The first-order chi connectivity index (χ1) is 13.2. The zero-order valence-corrected chi connectivity index (χ0v) is 16.9. The van der Waals surface area contributed by atoms with Crippen molar-refractivity contribution in [2.24, 2.45) is 11.8 Å². The van der Waals surface area contributed by atoms with E-state index in [2.05, 4.69) is 0 Å². The summed E-state index contributed by atoms with van der Waals surface area (Å²) < 4.78 is 5.17. The van der Waals surface area contributed by atoms with Gasteiger partial charge >= 0.3 is 5.97 Å². The Bertz CT molecular complexity index is 820. The van der Waals surface area contributed by atoms with E-state index in [9.17, 15) is 19.2 Å². The Labute approximate surface area is 165 Å². The van der Waals surface area contributed by atoms with Crippen LogP contribution in [0.4, 0.5) is 0 Å². The number of ketones is 1. The predicted octanol–water partition coefficient (Wildman–Crippen LogP) is 2.90. The molecule has 0 aromatic heterocycles. The second-order valence-electron chi connectivity index (χ2n) is 8.00. The fraction of sp³-hybridized carbons (Fsp3) is 0.545. The number of amides is 2. The second-order valence-corrected chi connectivity index (χ2v) is 8.00. The first kappa shape index (κ1) is 20.2. The number of fused-ring (bicyclic) bond motifs is 1. The van der Waals surface area contributed by atoms with Crippen molar-refractivity contribution in [1.82, 2.24) is 4.90 Å². The molecule has 28 heavy (non-hydrogen) atoms. The number of Topliss-reactive ketones (excluding diaryl/α,β-unsaturated/α-hetero) is 1. The molecule has 1 saturated carbocycles. The zero-order chi connectivity index (χ0) is 20.6. The number of carbonyl (C=O) groups is 4. The van der Waals surface area contributed by atoms with Gasteiger partial charge in [0.1, 0.15) is 6.04 Å². The minimum Gasteiger partial charge on any atom is -0.456 e. The van der Waals surface area contributed by atoms with E-state index >= 15 is 0 Å². The summed E-state index contributed by atoms with van der Waals surface area (Å²) in [5, 5.41) is 0. The number of hydrogen-bond acceptors (Lipinski definition) is 5. The molecule has 6 heteroatoms. The van der Waals surface area contributed by atoms with Gasteiger partial charge in [-0.15, -0.1) is 0 Å². The average molecular weight is 385 g/mol. The highest BCUT2D eigenvalue weighted by molar-refractivity contribution is 6.08. The van der Waals surface area contributed by atoms with Crippen LogP contribution < -0.4 is 0 Å². The number of esters is 1. The number of rotatable bonds is 5. The van der Waals surface area contributed by atoms with Crippen LogP contribution in [0.1, 0.15) is 59.7 Å². The monoisotopic (exact) mass is 385 g/mol. The van der Waals surface area contributed by atoms with E-state index in [0.717, 1.165) is 34.4 Å². The van der Waals surface area contributed by atoms with E-state index in [-0.39, 0.29) is 29.4 Å². The third kappa shape index (κ3) is 3.60. The van der Waals surface area contributed by atoms with Crippen LogP contribution in [0.25, 0.3) is 0 Å². The molecule has 0 unspecified atom stereocenters. The Balaban J connectivity index is 1.65. The lowest BCUT2D eigenvalue weighted by Crippen LogP contribution is -2.44. The van der Waals surface area contributed by atoms with E-state index in [1.807, 2.05) is 26.8 Å². The Morgan fingerprint density at radius 3 is 2.11 bits per heavy atom. The standard InChI is InChI=1S/C22H27NO5/c1-12-9-14(3)18(10-13(12)2)19(24)11-28-22(27)15(4)23-20(25)16-7-5-6-8-17(16)21(23)26/h9-10,15-17H,5-8,11H2,1-4H3/t15-,16-,17-/m0/s1. The second kappa shape index (κ2) is 7.86. The maximum absolute atomic E-state index is 12.6. The van der Waals surface area contributed by atoms with Crippen molar-refractivity contribution in [2.75, 3.05) is 6.61 Å². The van der Waals surface area contributed by atoms with Crippen molar-refractivity contribution in [1.29, 1.82) is 0 Å². The molecule has 1 heterocycles. The SMILES string of the molecule is Cc1cc(C)c(C(=O)COC(=O)[C@H](C)N2C(=O)[C@H]3CCCC[C@@H]3C2=O)cc1C. The van der Waals surface area contributed by atoms with Gasteiger partial charge in [-0.2, -0.15) is 0 Å². The summed E-state index contributed by atoms with van der Waals surface area (Å²) in [6.07, 6.45) is 3.24. The van der Waals surface area contributed by atoms with Crippen LogP contribution >= 0.6 is 0 Å². The highest BCUT2D eigenvalue weighted by atomic mass is 16.5. The van der Waals surface area contributed by atoms with Gasteiger partial charge in [0.15, 0.2) is 6.61 Å². The number of benzene rings is 1. The molecule has 2 fully saturated rings. The summed E-state index contributed by atoms with van der Waals surface area (Å²) in [6.45, 7) is 6.81. The molecule has 1 saturated heterocycles. The number of imide groups is 1. The van der Waals surface area contributed by atoms with E-state index in [0.29, 0.717) is 18.4 Å². The van der Waals surface area contributed by atoms with E-state index in [1.165, 1.54) is 6.92 Å². The normalized spacial score (nSPS) is 22.8. The van der Waals surface area contributed by atoms with Crippen molar-refractivity contribution in [2.45, 2.75) is 59.4 Å². The van der Waals surface area contributed by atoms with Gasteiger partial charge in [-0.1, -0.05) is 18.9 Å². The number of carbonyl (C=O) groups excluding carboxylic acids is 4. The summed E-state index contributed by atoms with van der Waals surface area (Å²) >= 11 is 0. The Morgan fingerprint density at radius 1 is 1.00 bits per heavy atom.